The minimum atomic E-state index is -3.85. The maximum absolute atomic E-state index is 11.8. The first-order chi connectivity index (χ1) is 42.4. The van der Waals surface area contributed by atoms with Crippen LogP contribution in [0.4, 0.5) is 0 Å². The van der Waals surface area contributed by atoms with E-state index in [0.717, 1.165) is 77.0 Å². The number of phosphoric ester groups is 3. The molecule has 0 spiro atoms. The minimum absolute atomic E-state index is 0. The molecule has 0 bridgehead atoms. The van der Waals surface area contributed by atoms with Crippen molar-refractivity contribution < 1.29 is 55.5 Å². The Morgan fingerprint density at radius 2 is 0.250 bits per heavy atom. The third-order valence-corrected chi connectivity index (χ3v) is 19.6. The summed E-state index contributed by atoms with van der Waals surface area (Å²) in [7, 11) is -11.5. The Labute approximate surface area is 552 Å². The van der Waals surface area contributed by atoms with E-state index < -0.39 is 23.5 Å². The fourth-order valence-corrected chi connectivity index (χ4v) is 13.1. The fourth-order valence-electron chi connectivity index (χ4n) is 10.7. The Kier molecular flexibility index (Phi) is 86.7. The number of phosphoric acid groups is 3. The third kappa shape index (κ3) is 88.8. The van der Waals surface area contributed by atoms with Crippen molar-refractivity contribution in [3.05, 3.63) is 0 Å². The van der Waals surface area contributed by atoms with E-state index in [2.05, 4.69) is 41.5 Å². The van der Waals surface area contributed by atoms with E-state index >= 15 is 0 Å². The Morgan fingerprint density at radius 3 is 0.341 bits per heavy atom. The van der Waals surface area contributed by atoms with Crippen LogP contribution < -0.4 is 0 Å². The second-order valence-corrected chi connectivity index (χ2v) is 29.9. The molecular weight excluding hydrogens is 1180 g/mol. The molecule has 0 aliphatic heterocycles. The zero-order valence-corrected chi connectivity index (χ0v) is 63.8. The van der Waals surface area contributed by atoms with Gasteiger partial charge in [0, 0.05) is 0 Å². The SMILES string of the molecule is CCCCCCCCCCCCOP(=O)(O)OCCCCCCCCCCCC.CCCCCCCCCCCCOP(=O)(O)OCCCCCCCCCCCC.CCCCCCCCCCCCOP(=O)(O)OCCCCCCCCCCCC.P. The monoisotopic (exact) mass is 1340 g/mol. The van der Waals surface area contributed by atoms with Gasteiger partial charge in [-0.3, -0.25) is 27.1 Å². The number of hydrogen-bond donors (Lipinski definition) is 3. The maximum atomic E-state index is 11.8. The molecule has 16 heteroatoms. The predicted molar refractivity (Wildman–Crippen MR) is 387 cm³/mol. The summed E-state index contributed by atoms with van der Waals surface area (Å²) in [5, 5.41) is 0. The van der Waals surface area contributed by atoms with Crippen molar-refractivity contribution in [2.45, 2.75) is 427 Å². The Balaban J connectivity index is -0.000000598. The van der Waals surface area contributed by atoms with E-state index in [9.17, 15) is 28.4 Å². The second-order valence-electron chi connectivity index (χ2n) is 25.5. The van der Waals surface area contributed by atoms with E-state index in [4.69, 9.17) is 27.1 Å². The predicted octanol–water partition coefficient (Wildman–Crippen LogP) is 26.9. The van der Waals surface area contributed by atoms with Gasteiger partial charge in [-0.25, -0.2) is 13.7 Å². The lowest BCUT2D eigenvalue weighted by Crippen LogP contribution is -1.99. The lowest BCUT2D eigenvalue weighted by atomic mass is 10.1. The van der Waals surface area contributed by atoms with Crippen LogP contribution in [-0.2, 0) is 40.8 Å². The van der Waals surface area contributed by atoms with Crippen LogP contribution in [0.5, 0.6) is 0 Å². The van der Waals surface area contributed by atoms with E-state index in [0.29, 0.717) is 39.6 Å². The van der Waals surface area contributed by atoms with Gasteiger partial charge < -0.3 is 14.7 Å². The highest BCUT2D eigenvalue weighted by molar-refractivity contribution is 7.47. The van der Waals surface area contributed by atoms with Gasteiger partial charge >= 0.3 is 23.5 Å². The summed E-state index contributed by atoms with van der Waals surface area (Å²) < 4.78 is 66.0. The van der Waals surface area contributed by atoms with Crippen LogP contribution in [0.2, 0.25) is 0 Å². The molecule has 0 aromatic heterocycles. The molecule has 0 aromatic rings. The molecule has 1 unspecified atom stereocenters. The molecule has 536 valence electrons. The molecular formula is C72H156O12P4. The average molecular weight is 1340 g/mol. The largest absolute Gasteiger partial charge is 0.472 e. The molecule has 0 amide bonds. The molecule has 0 saturated carbocycles. The van der Waals surface area contributed by atoms with Gasteiger partial charge in [-0.1, -0.05) is 388 Å². The summed E-state index contributed by atoms with van der Waals surface area (Å²) in [6.07, 6.45) is 74.4. The quantitative estimate of drug-likeness (QED) is 0.0390. The van der Waals surface area contributed by atoms with Gasteiger partial charge in [-0.2, -0.15) is 9.90 Å². The molecule has 0 heterocycles. The molecule has 0 rings (SSSR count). The Bertz CT molecular complexity index is 1160. The van der Waals surface area contributed by atoms with Gasteiger partial charge in [-0.15, -0.1) is 0 Å². The normalized spacial score (nSPS) is 11.8. The van der Waals surface area contributed by atoms with Crippen LogP contribution in [0, 0.1) is 0 Å². The van der Waals surface area contributed by atoms with Crippen LogP contribution in [0.25, 0.3) is 0 Å². The van der Waals surface area contributed by atoms with E-state index in [-0.39, 0.29) is 9.90 Å². The maximum Gasteiger partial charge on any atom is 0.472 e. The first-order valence-electron chi connectivity index (χ1n) is 38.2. The summed E-state index contributed by atoms with van der Waals surface area (Å²) in [6, 6.07) is 0. The molecule has 0 aliphatic carbocycles. The number of rotatable bonds is 72. The van der Waals surface area contributed by atoms with Gasteiger partial charge in [0.2, 0.25) is 0 Å². The number of hydrogen-bond acceptors (Lipinski definition) is 9. The lowest BCUT2D eigenvalue weighted by molar-refractivity contribution is 0.144. The van der Waals surface area contributed by atoms with E-state index in [1.807, 2.05) is 0 Å². The topological polar surface area (TPSA) is 167 Å². The third-order valence-electron chi connectivity index (χ3n) is 16.5. The lowest BCUT2D eigenvalue weighted by Gasteiger charge is -2.12. The van der Waals surface area contributed by atoms with Crippen molar-refractivity contribution >= 4 is 33.4 Å². The Hall–Kier alpha value is 0.760. The van der Waals surface area contributed by atoms with Gasteiger partial charge in [0.15, 0.2) is 0 Å². The zero-order chi connectivity index (χ0) is 64.4. The molecule has 0 aromatic carbocycles. The standard InChI is InChI=1S/3C24H51O4P.H3P/c3*1-3-5-7-9-11-13-15-17-19-21-23-27-29(25,26)28-24-22-20-18-16-14-12-10-8-6-4-2;/h3*3-24H2,1-2H3,(H,25,26);1H3. The van der Waals surface area contributed by atoms with Crippen molar-refractivity contribution in [1.82, 2.24) is 0 Å². The summed E-state index contributed by atoms with van der Waals surface area (Å²) in [6.45, 7) is 15.4. The smallest absolute Gasteiger partial charge is 0.302 e. The van der Waals surface area contributed by atoms with Crippen LogP contribution in [0.1, 0.15) is 427 Å². The van der Waals surface area contributed by atoms with Crippen molar-refractivity contribution in [2.75, 3.05) is 39.6 Å². The van der Waals surface area contributed by atoms with E-state index in [1.165, 1.54) is 308 Å². The molecule has 0 fully saturated rings. The van der Waals surface area contributed by atoms with Crippen LogP contribution in [0.15, 0.2) is 0 Å². The highest BCUT2D eigenvalue weighted by atomic mass is 31.2. The van der Waals surface area contributed by atoms with Gasteiger partial charge in [0.1, 0.15) is 0 Å². The first-order valence-corrected chi connectivity index (χ1v) is 42.7. The first kappa shape index (κ1) is 95.2. The highest BCUT2D eigenvalue weighted by Crippen LogP contribution is 2.45. The summed E-state index contributed by atoms with van der Waals surface area (Å²) >= 11 is 0. The van der Waals surface area contributed by atoms with Crippen molar-refractivity contribution in [2.24, 2.45) is 0 Å². The summed E-state index contributed by atoms with van der Waals surface area (Å²) in [4.78, 5) is 29.1. The van der Waals surface area contributed by atoms with Gasteiger partial charge in [0.05, 0.1) is 39.6 Å². The molecule has 0 saturated heterocycles. The van der Waals surface area contributed by atoms with Crippen LogP contribution in [-0.4, -0.2) is 54.3 Å². The molecule has 0 aliphatic rings. The van der Waals surface area contributed by atoms with E-state index in [1.54, 1.807) is 0 Å². The molecule has 0 radical (unpaired) electrons. The summed E-state index contributed by atoms with van der Waals surface area (Å²) in [5.74, 6) is 0. The molecule has 1 atom stereocenters. The molecule has 88 heavy (non-hydrogen) atoms. The van der Waals surface area contributed by atoms with Crippen molar-refractivity contribution in [3.8, 4) is 0 Å². The van der Waals surface area contributed by atoms with Crippen molar-refractivity contribution in [1.29, 1.82) is 0 Å². The summed E-state index contributed by atoms with van der Waals surface area (Å²) in [5.41, 5.74) is 0. The van der Waals surface area contributed by atoms with Crippen molar-refractivity contribution in [3.63, 3.8) is 0 Å². The molecule has 3 N–H and O–H groups in total. The average Bonchev–Trinajstić information content (AvgIpc) is 3.50. The minimum Gasteiger partial charge on any atom is -0.302 e. The highest BCUT2D eigenvalue weighted by Gasteiger charge is 2.22. The second kappa shape index (κ2) is 80.2. The van der Waals surface area contributed by atoms with Crippen LogP contribution >= 0.6 is 33.4 Å². The molecule has 12 nitrogen and oxygen atoms in total. The fraction of sp³-hybridized carbons (Fsp3) is 1.00. The van der Waals surface area contributed by atoms with Gasteiger partial charge in [-0.05, 0) is 38.5 Å². The van der Waals surface area contributed by atoms with Gasteiger partial charge in [0.25, 0.3) is 0 Å². The Morgan fingerprint density at radius 1 is 0.170 bits per heavy atom. The zero-order valence-electron chi connectivity index (χ0n) is 59.7. The number of unbranched alkanes of at least 4 members (excludes halogenated alkanes) is 54. The van der Waals surface area contributed by atoms with Crippen LogP contribution in [0.3, 0.4) is 0 Å².